The molecule has 1 fully saturated rings. The predicted molar refractivity (Wildman–Crippen MR) is 56.6 cm³/mol. The molecule has 0 N–H and O–H groups in total. The van der Waals surface area contributed by atoms with E-state index in [1.807, 2.05) is 0 Å². The van der Waals surface area contributed by atoms with Gasteiger partial charge in [-0.25, -0.2) is 4.79 Å². The number of rotatable bonds is 2. The number of ether oxygens (including phenoxy) is 1. The highest BCUT2D eigenvalue weighted by Gasteiger charge is 2.24. The zero-order chi connectivity index (χ0) is 11.3. The first-order valence-electron chi connectivity index (χ1n) is 4.90. The average molecular weight is 280 g/mol. The van der Waals surface area contributed by atoms with E-state index in [2.05, 4.69) is 20.7 Å². The molecule has 6 heteroatoms. The van der Waals surface area contributed by atoms with Crippen LogP contribution in [0.4, 0.5) is 4.79 Å². The number of alkyl halides is 1. The highest BCUT2D eigenvalue weighted by atomic mass is 79.9. The van der Waals surface area contributed by atoms with Crippen molar-refractivity contribution >= 4 is 27.9 Å². The maximum absolute atomic E-state index is 11.3. The summed E-state index contributed by atoms with van der Waals surface area (Å²) in [5.41, 5.74) is 0. The topological polar surface area (TPSA) is 55.8 Å². The molecule has 86 valence electrons. The van der Waals surface area contributed by atoms with Gasteiger partial charge in [0.05, 0.1) is 11.4 Å². The zero-order valence-electron chi connectivity index (χ0n) is 8.57. The molecule has 0 saturated carbocycles. The number of halogens is 1. The summed E-state index contributed by atoms with van der Waals surface area (Å²) in [6.45, 7) is 2.97. The minimum absolute atomic E-state index is 0.131. The van der Waals surface area contributed by atoms with Gasteiger partial charge in [-0.1, -0.05) is 15.9 Å². The van der Waals surface area contributed by atoms with E-state index in [0.717, 1.165) is 0 Å². The van der Waals surface area contributed by atoms with Gasteiger partial charge in [-0.3, -0.25) is 4.79 Å². The first-order valence-corrected chi connectivity index (χ1v) is 5.81. The Labute approximate surface area is 96.8 Å². The quantitative estimate of drug-likeness (QED) is 0.567. The van der Waals surface area contributed by atoms with Crippen LogP contribution in [-0.2, 0) is 14.4 Å². The fourth-order valence-electron chi connectivity index (χ4n) is 1.26. The molecule has 1 heterocycles. The van der Waals surface area contributed by atoms with Crippen LogP contribution in [-0.4, -0.2) is 41.5 Å². The van der Waals surface area contributed by atoms with Crippen LogP contribution in [0.3, 0.4) is 0 Å². The molecule has 0 aromatic carbocycles. The number of carbonyl (C=O) groups excluding carboxylic acids is 2. The Hall–Kier alpha value is -0.620. The van der Waals surface area contributed by atoms with E-state index in [1.54, 1.807) is 6.92 Å². The summed E-state index contributed by atoms with van der Waals surface area (Å²) in [6.07, 6.45) is 0.311. The number of hydrogen-bond acceptors (Lipinski definition) is 5. The Morgan fingerprint density at radius 3 is 3.00 bits per heavy atom. The summed E-state index contributed by atoms with van der Waals surface area (Å²) in [5, 5.41) is 1.47. The van der Waals surface area contributed by atoms with Crippen molar-refractivity contribution in [1.29, 1.82) is 0 Å². The third-order valence-electron chi connectivity index (χ3n) is 2.05. The lowest BCUT2D eigenvalue weighted by Gasteiger charge is -2.17. The summed E-state index contributed by atoms with van der Waals surface area (Å²) >= 11 is 3.28. The Kier molecular flexibility index (Phi) is 5.04. The Balaban J connectivity index is 2.37. The zero-order valence-corrected chi connectivity index (χ0v) is 10.2. The van der Waals surface area contributed by atoms with E-state index in [-0.39, 0.29) is 17.2 Å². The van der Waals surface area contributed by atoms with Gasteiger partial charge in [-0.2, -0.15) is 0 Å². The lowest BCUT2D eigenvalue weighted by Crippen LogP contribution is -2.29. The van der Waals surface area contributed by atoms with Crippen LogP contribution in [0.5, 0.6) is 0 Å². The monoisotopic (exact) mass is 279 g/mol. The first kappa shape index (κ1) is 12.4. The first-order chi connectivity index (χ1) is 7.13. The van der Waals surface area contributed by atoms with Gasteiger partial charge in [0.1, 0.15) is 5.78 Å². The van der Waals surface area contributed by atoms with Gasteiger partial charge in [0, 0.05) is 19.5 Å². The van der Waals surface area contributed by atoms with Crippen LogP contribution in [0, 0.1) is 0 Å². The number of nitrogens with zero attached hydrogens (tertiary/aromatic N) is 1. The van der Waals surface area contributed by atoms with E-state index in [1.165, 1.54) is 5.06 Å². The normalized spacial score (nSPS) is 23.3. The van der Waals surface area contributed by atoms with E-state index in [0.29, 0.717) is 25.9 Å². The van der Waals surface area contributed by atoms with Gasteiger partial charge in [-0.15, -0.1) is 5.06 Å². The summed E-state index contributed by atoms with van der Waals surface area (Å²) in [5.74, 6) is 0.143. The highest BCUT2D eigenvalue weighted by Crippen LogP contribution is 2.15. The molecule has 1 aliphatic heterocycles. The summed E-state index contributed by atoms with van der Waals surface area (Å²) in [4.78, 5) is 27.1. The van der Waals surface area contributed by atoms with Crippen molar-refractivity contribution in [3.63, 3.8) is 0 Å². The molecule has 0 amide bonds. The molecule has 0 aromatic rings. The fourth-order valence-corrected chi connectivity index (χ4v) is 1.70. The predicted octanol–water partition coefficient (Wildman–Crippen LogP) is 1.50. The maximum atomic E-state index is 11.3. The van der Waals surface area contributed by atoms with Crippen molar-refractivity contribution < 1.29 is 19.2 Å². The van der Waals surface area contributed by atoms with E-state index in [9.17, 15) is 9.59 Å². The van der Waals surface area contributed by atoms with Crippen LogP contribution in [0.25, 0.3) is 0 Å². The van der Waals surface area contributed by atoms with Crippen LogP contribution < -0.4 is 0 Å². The molecule has 5 nitrogen and oxygen atoms in total. The second-order valence-corrected chi connectivity index (χ2v) is 4.28. The molecule has 1 unspecified atom stereocenters. The van der Waals surface area contributed by atoms with E-state index < -0.39 is 6.16 Å². The molecule has 1 rings (SSSR count). The molecule has 0 spiro atoms. The molecule has 0 aliphatic carbocycles. The van der Waals surface area contributed by atoms with Gasteiger partial charge in [0.2, 0.25) is 0 Å². The average Bonchev–Trinajstić information content (AvgIpc) is 2.34. The van der Waals surface area contributed by atoms with Gasteiger partial charge in [-0.05, 0) is 13.3 Å². The molecule has 0 aromatic heterocycles. The second kappa shape index (κ2) is 6.07. The van der Waals surface area contributed by atoms with E-state index in [4.69, 9.17) is 4.84 Å². The number of carbonyl (C=O) groups is 2. The third-order valence-corrected chi connectivity index (χ3v) is 3.02. The van der Waals surface area contributed by atoms with Crippen molar-refractivity contribution in [1.82, 2.24) is 5.06 Å². The van der Waals surface area contributed by atoms with Crippen molar-refractivity contribution in [2.75, 3.05) is 19.7 Å². The van der Waals surface area contributed by atoms with Gasteiger partial charge in [0.25, 0.3) is 0 Å². The van der Waals surface area contributed by atoms with Crippen molar-refractivity contribution in [2.24, 2.45) is 0 Å². The molecule has 15 heavy (non-hydrogen) atoms. The Morgan fingerprint density at radius 1 is 1.60 bits per heavy atom. The largest absolute Gasteiger partial charge is 0.527 e. The number of hydrogen-bond donors (Lipinski definition) is 0. The van der Waals surface area contributed by atoms with Crippen LogP contribution in [0.2, 0.25) is 0 Å². The van der Waals surface area contributed by atoms with Gasteiger partial charge in [0.15, 0.2) is 0 Å². The summed E-state index contributed by atoms with van der Waals surface area (Å²) < 4.78 is 4.64. The molecular formula is C9H14BrNO4. The highest BCUT2D eigenvalue weighted by molar-refractivity contribution is 9.10. The standard InChI is InChI=1S/C9H14BrNO4/c1-2-14-9(13)15-11-5-3-7(10)8(12)4-6-11/h7H,2-6H2,1H3. The smallest absolute Gasteiger partial charge is 0.433 e. The lowest BCUT2D eigenvalue weighted by atomic mass is 10.2. The maximum Gasteiger partial charge on any atom is 0.527 e. The van der Waals surface area contributed by atoms with Gasteiger partial charge >= 0.3 is 6.16 Å². The lowest BCUT2D eigenvalue weighted by molar-refractivity contribution is -0.129. The number of ketones is 1. The molecule has 1 aliphatic rings. The van der Waals surface area contributed by atoms with E-state index >= 15 is 0 Å². The SMILES string of the molecule is CCOC(=O)ON1CCC(=O)C(Br)CC1. The van der Waals surface area contributed by atoms with Crippen molar-refractivity contribution in [2.45, 2.75) is 24.6 Å². The fraction of sp³-hybridized carbons (Fsp3) is 0.778. The van der Waals surface area contributed by atoms with Crippen molar-refractivity contribution in [3.05, 3.63) is 0 Å². The van der Waals surface area contributed by atoms with Crippen LogP contribution in [0.1, 0.15) is 19.8 Å². The molecule has 1 saturated heterocycles. The summed E-state index contributed by atoms with van der Waals surface area (Å²) in [7, 11) is 0. The Morgan fingerprint density at radius 2 is 2.33 bits per heavy atom. The molecule has 0 radical (unpaired) electrons. The van der Waals surface area contributed by atoms with Gasteiger partial charge < -0.3 is 9.57 Å². The number of Topliss-reactive ketones (excluding diaryl/α,β-unsaturated/α-hetero) is 1. The van der Waals surface area contributed by atoms with Crippen LogP contribution in [0.15, 0.2) is 0 Å². The van der Waals surface area contributed by atoms with Crippen molar-refractivity contribution in [3.8, 4) is 0 Å². The minimum atomic E-state index is -0.710. The summed E-state index contributed by atoms with van der Waals surface area (Å²) in [6, 6.07) is 0. The molecule has 1 atom stereocenters. The molecule has 0 bridgehead atoms. The molecular weight excluding hydrogens is 266 g/mol. The number of hydroxylamine groups is 2. The Bertz CT molecular complexity index is 246. The second-order valence-electron chi connectivity index (χ2n) is 3.18. The third kappa shape index (κ3) is 4.17. The van der Waals surface area contributed by atoms with Crippen LogP contribution >= 0.6 is 15.9 Å². The minimum Gasteiger partial charge on any atom is -0.433 e.